The molecule has 0 aliphatic carbocycles. The maximum absolute atomic E-state index is 14.6. The third-order valence-corrected chi connectivity index (χ3v) is 9.38. The summed E-state index contributed by atoms with van der Waals surface area (Å²) < 4.78 is 16.0. The maximum atomic E-state index is 14.6. The standard InChI is InChI=1S/C25H23N3O5S2/c1-26-14-18(20-7-5-11-33-20)25(22(30)28(23(34)35-25)13-16-6-4-10-32-16)24(26)17-12-15(31-3)8-9-19(17)27(2)21(24)29/h4-12,18H,13-14H2,1-3H3/t18?,24-,25+/m1/s1. The van der Waals surface area contributed by atoms with Crippen molar-refractivity contribution in [3.05, 3.63) is 72.1 Å². The summed E-state index contributed by atoms with van der Waals surface area (Å²) in [4.78, 5) is 34.1. The van der Waals surface area contributed by atoms with E-state index >= 15 is 0 Å². The molecule has 35 heavy (non-hydrogen) atoms. The molecular weight excluding hydrogens is 486 g/mol. The average Bonchev–Trinajstić information content (AvgIpc) is 3.66. The van der Waals surface area contributed by atoms with Gasteiger partial charge in [-0.3, -0.25) is 19.4 Å². The zero-order chi connectivity index (χ0) is 24.5. The van der Waals surface area contributed by atoms with E-state index in [-0.39, 0.29) is 18.4 Å². The van der Waals surface area contributed by atoms with Gasteiger partial charge in [-0.05, 0) is 49.5 Å². The summed E-state index contributed by atoms with van der Waals surface area (Å²) in [6, 6.07) is 12.8. The first-order valence-electron chi connectivity index (χ1n) is 11.1. The summed E-state index contributed by atoms with van der Waals surface area (Å²) in [6.07, 6.45) is 3.16. The second-order valence-electron chi connectivity index (χ2n) is 8.98. The van der Waals surface area contributed by atoms with Crippen molar-refractivity contribution in [1.82, 2.24) is 9.80 Å². The van der Waals surface area contributed by atoms with Gasteiger partial charge in [-0.2, -0.15) is 0 Å². The zero-order valence-corrected chi connectivity index (χ0v) is 21.0. The van der Waals surface area contributed by atoms with Crippen LogP contribution in [0.25, 0.3) is 0 Å². The molecule has 3 aliphatic rings. The topological polar surface area (TPSA) is 79.4 Å². The highest BCUT2D eigenvalue weighted by Gasteiger charge is 2.79. The van der Waals surface area contributed by atoms with E-state index in [1.807, 2.05) is 36.2 Å². The monoisotopic (exact) mass is 509 g/mol. The molecule has 2 spiro atoms. The summed E-state index contributed by atoms with van der Waals surface area (Å²) in [7, 11) is 5.22. The number of benzene rings is 1. The molecule has 2 saturated heterocycles. The van der Waals surface area contributed by atoms with Gasteiger partial charge in [0.05, 0.1) is 32.1 Å². The molecule has 3 aromatic rings. The molecule has 3 aliphatic heterocycles. The van der Waals surface area contributed by atoms with Crippen molar-refractivity contribution >= 4 is 45.8 Å². The van der Waals surface area contributed by atoms with Gasteiger partial charge < -0.3 is 18.5 Å². The highest BCUT2D eigenvalue weighted by molar-refractivity contribution is 8.25. The maximum Gasteiger partial charge on any atom is 0.254 e. The number of rotatable bonds is 4. The highest BCUT2D eigenvalue weighted by atomic mass is 32.2. The highest BCUT2D eigenvalue weighted by Crippen LogP contribution is 2.67. The normalized spacial score (nSPS) is 28.2. The van der Waals surface area contributed by atoms with Crippen molar-refractivity contribution in [3.63, 3.8) is 0 Å². The number of anilines is 1. The first kappa shape index (κ1) is 22.4. The van der Waals surface area contributed by atoms with E-state index < -0.39 is 16.2 Å². The molecule has 10 heteroatoms. The summed E-state index contributed by atoms with van der Waals surface area (Å²) in [5.74, 6) is 1.04. The molecule has 1 unspecified atom stereocenters. The predicted molar refractivity (Wildman–Crippen MR) is 134 cm³/mol. The van der Waals surface area contributed by atoms with Crippen LogP contribution in [0.4, 0.5) is 5.69 Å². The van der Waals surface area contributed by atoms with Crippen molar-refractivity contribution in [1.29, 1.82) is 0 Å². The van der Waals surface area contributed by atoms with Crippen LogP contribution in [0.15, 0.2) is 63.8 Å². The van der Waals surface area contributed by atoms with E-state index in [1.54, 1.807) is 54.7 Å². The predicted octanol–water partition coefficient (Wildman–Crippen LogP) is 3.58. The van der Waals surface area contributed by atoms with Crippen molar-refractivity contribution in [2.45, 2.75) is 22.7 Å². The molecule has 1 aromatic carbocycles. The summed E-state index contributed by atoms with van der Waals surface area (Å²) >= 11 is 7.06. The number of likely N-dealkylation sites (tertiary alicyclic amines) is 1. The number of carbonyl (C=O) groups excluding carboxylic acids is 2. The Bertz CT molecular complexity index is 1340. The second-order valence-corrected chi connectivity index (χ2v) is 10.9. The molecule has 8 nitrogen and oxygen atoms in total. The molecule has 5 heterocycles. The Morgan fingerprint density at radius 1 is 1.11 bits per heavy atom. The first-order valence-corrected chi connectivity index (χ1v) is 12.4. The lowest BCUT2D eigenvalue weighted by molar-refractivity contribution is -0.139. The van der Waals surface area contributed by atoms with Crippen LogP contribution in [0, 0.1) is 0 Å². The third kappa shape index (κ3) is 2.70. The fourth-order valence-electron chi connectivity index (χ4n) is 5.94. The Labute approximate surface area is 211 Å². The SMILES string of the molecule is COc1ccc2c(c1)[C@]1(C(=O)N2C)N(C)CC(c2ccco2)[C@@]12SC(=S)N(Cc1ccco1)C2=O. The number of thiocarbonyl (C=S) groups is 1. The van der Waals surface area contributed by atoms with Gasteiger partial charge in [-0.25, -0.2) is 0 Å². The van der Waals surface area contributed by atoms with Crippen molar-refractivity contribution in [3.8, 4) is 5.75 Å². The lowest BCUT2D eigenvalue weighted by atomic mass is 9.73. The fourth-order valence-corrected chi connectivity index (χ4v) is 8.04. The van der Waals surface area contributed by atoms with Gasteiger partial charge in [0.2, 0.25) is 5.91 Å². The number of fused-ring (bicyclic) bond motifs is 3. The van der Waals surface area contributed by atoms with Crippen LogP contribution in [0.3, 0.4) is 0 Å². The van der Waals surface area contributed by atoms with Crippen LogP contribution in [0.1, 0.15) is 23.0 Å². The lowest BCUT2D eigenvalue weighted by Gasteiger charge is -2.41. The van der Waals surface area contributed by atoms with Gasteiger partial charge in [-0.15, -0.1) is 0 Å². The molecule has 6 rings (SSSR count). The molecule has 0 radical (unpaired) electrons. The average molecular weight is 510 g/mol. The summed E-state index contributed by atoms with van der Waals surface area (Å²) in [5, 5.41) is 0. The minimum absolute atomic E-state index is 0.180. The van der Waals surface area contributed by atoms with Gasteiger partial charge in [0.15, 0.2) is 5.54 Å². The molecule has 2 fully saturated rings. The van der Waals surface area contributed by atoms with Crippen molar-refractivity contribution in [2.24, 2.45) is 0 Å². The number of ether oxygens (including phenoxy) is 1. The number of thioether (sulfide) groups is 1. The van der Waals surface area contributed by atoms with Crippen LogP contribution in [0.2, 0.25) is 0 Å². The van der Waals surface area contributed by atoms with Crippen molar-refractivity contribution < 1.29 is 23.2 Å². The van der Waals surface area contributed by atoms with E-state index in [0.29, 0.717) is 28.1 Å². The van der Waals surface area contributed by atoms with E-state index in [2.05, 4.69) is 0 Å². The van der Waals surface area contributed by atoms with Crippen LogP contribution in [0.5, 0.6) is 5.75 Å². The van der Waals surface area contributed by atoms with Gasteiger partial charge in [0, 0.05) is 24.8 Å². The Morgan fingerprint density at radius 3 is 2.57 bits per heavy atom. The molecule has 0 saturated carbocycles. The van der Waals surface area contributed by atoms with E-state index in [9.17, 15) is 9.59 Å². The molecule has 0 N–H and O–H groups in total. The summed E-state index contributed by atoms with van der Waals surface area (Å²) in [5.41, 5.74) is 0.155. The van der Waals surface area contributed by atoms with Crippen molar-refractivity contribution in [2.75, 3.05) is 32.6 Å². The number of amides is 2. The van der Waals surface area contributed by atoms with E-state index in [1.165, 1.54) is 11.8 Å². The van der Waals surface area contributed by atoms with Gasteiger partial charge in [-0.1, -0.05) is 24.0 Å². The zero-order valence-electron chi connectivity index (χ0n) is 19.4. The molecule has 3 atom stereocenters. The number of methoxy groups -OCH3 is 1. The molecule has 2 amide bonds. The quantitative estimate of drug-likeness (QED) is 0.494. The van der Waals surface area contributed by atoms with Crippen LogP contribution < -0.4 is 9.64 Å². The number of hydrogen-bond donors (Lipinski definition) is 0. The molecule has 180 valence electrons. The lowest BCUT2D eigenvalue weighted by Crippen LogP contribution is -2.62. The smallest absolute Gasteiger partial charge is 0.254 e. The largest absolute Gasteiger partial charge is 0.497 e. The number of carbonyl (C=O) groups is 2. The third-order valence-electron chi connectivity index (χ3n) is 7.44. The molecular formula is C25H23N3O5S2. The number of furan rings is 2. The Hall–Kier alpha value is -3.08. The fraction of sp³-hybridized carbons (Fsp3) is 0.320. The minimum atomic E-state index is -1.31. The first-order chi connectivity index (χ1) is 16.9. The number of likely N-dealkylation sites (N-methyl/N-ethyl adjacent to an activating group) is 2. The minimum Gasteiger partial charge on any atom is -0.497 e. The van der Waals surface area contributed by atoms with Gasteiger partial charge in [0.25, 0.3) is 5.91 Å². The summed E-state index contributed by atoms with van der Waals surface area (Å²) in [6.45, 7) is 0.624. The van der Waals surface area contributed by atoms with Gasteiger partial charge >= 0.3 is 0 Å². The van der Waals surface area contributed by atoms with E-state index in [0.717, 1.165) is 11.3 Å². The van der Waals surface area contributed by atoms with Crippen LogP contribution >= 0.6 is 24.0 Å². The number of nitrogens with zero attached hydrogens (tertiary/aromatic N) is 3. The second kappa shape index (κ2) is 7.71. The van der Waals surface area contributed by atoms with E-state index in [4.69, 9.17) is 25.8 Å². The Balaban J connectivity index is 1.61. The Kier molecular flexibility index (Phi) is 4.93. The van der Waals surface area contributed by atoms with Crippen LogP contribution in [-0.2, 0) is 21.7 Å². The number of hydrogen-bond acceptors (Lipinski definition) is 8. The van der Waals surface area contributed by atoms with Gasteiger partial charge in [0.1, 0.15) is 26.3 Å². The van der Waals surface area contributed by atoms with Crippen LogP contribution in [-0.4, -0.2) is 58.4 Å². The molecule has 0 bridgehead atoms. The Morgan fingerprint density at radius 2 is 1.89 bits per heavy atom. The molecule has 2 aromatic heterocycles.